The summed E-state index contributed by atoms with van der Waals surface area (Å²) < 4.78 is 5.45. The maximum Gasteiger partial charge on any atom is 0.329 e. The number of rotatable bonds is 5. The zero-order valence-corrected chi connectivity index (χ0v) is 15.2. The first-order chi connectivity index (χ1) is 12.3. The van der Waals surface area contributed by atoms with Gasteiger partial charge in [0.15, 0.2) is 0 Å². The molecule has 0 aliphatic rings. The van der Waals surface area contributed by atoms with Gasteiger partial charge in [0, 0.05) is 12.0 Å². The molecule has 1 amide bonds. The lowest BCUT2D eigenvalue weighted by Crippen LogP contribution is -2.45. The average molecular weight is 350 g/mol. The molecule has 5 heteroatoms. The molecule has 0 radical (unpaired) electrons. The van der Waals surface area contributed by atoms with Crippen LogP contribution < -0.4 is 5.32 Å². The molecule has 0 fully saturated rings. The van der Waals surface area contributed by atoms with E-state index < -0.39 is 17.6 Å². The van der Waals surface area contributed by atoms with Crippen molar-refractivity contribution >= 4 is 11.9 Å². The summed E-state index contributed by atoms with van der Waals surface area (Å²) in [5.74, 6) is -0.832. The standard InChI is InChI=1S/C21H22N2O3/c1-21(2,3)26-20(25)18(13-15-9-11-16(14-22)12-10-15)23-19(24)17-7-5-4-6-8-17/h4-12,18H,13H2,1-3H3,(H,23,24)/t18-/m1/s1. The second-order valence-corrected chi connectivity index (χ2v) is 6.94. The number of carbonyl (C=O) groups excluding carboxylic acids is 2. The molecule has 1 N–H and O–H groups in total. The lowest BCUT2D eigenvalue weighted by Gasteiger charge is -2.24. The Morgan fingerprint density at radius 3 is 2.23 bits per heavy atom. The van der Waals surface area contributed by atoms with Crippen LogP contribution in [0.15, 0.2) is 54.6 Å². The van der Waals surface area contributed by atoms with Crippen LogP contribution in [0.1, 0.15) is 42.3 Å². The third-order valence-corrected chi connectivity index (χ3v) is 3.56. The van der Waals surface area contributed by atoms with Crippen molar-refractivity contribution in [1.29, 1.82) is 5.26 Å². The van der Waals surface area contributed by atoms with Gasteiger partial charge in [-0.05, 0) is 50.6 Å². The van der Waals surface area contributed by atoms with Crippen LogP contribution >= 0.6 is 0 Å². The number of carbonyl (C=O) groups is 2. The molecular formula is C21H22N2O3. The Balaban J connectivity index is 2.19. The third-order valence-electron chi connectivity index (χ3n) is 3.56. The van der Waals surface area contributed by atoms with Gasteiger partial charge in [-0.25, -0.2) is 4.79 Å². The molecule has 2 rings (SSSR count). The van der Waals surface area contributed by atoms with Crippen molar-refractivity contribution < 1.29 is 14.3 Å². The largest absolute Gasteiger partial charge is 0.458 e. The molecule has 0 aliphatic heterocycles. The van der Waals surface area contributed by atoms with Gasteiger partial charge in [-0.1, -0.05) is 30.3 Å². The monoisotopic (exact) mass is 350 g/mol. The highest BCUT2D eigenvalue weighted by molar-refractivity contribution is 5.96. The van der Waals surface area contributed by atoms with Gasteiger partial charge in [0.1, 0.15) is 11.6 Å². The van der Waals surface area contributed by atoms with Crippen molar-refractivity contribution in [3.63, 3.8) is 0 Å². The number of benzene rings is 2. The van der Waals surface area contributed by atoms with E-state index in [0.717, 1.165) is 5.56 Å². The van der Waals surface area contributed by atoms with Gasteiger partial charge in [-0.3, -0.25) is 4.79 Å². The summed E-state index contributed by atoms with van der Waals surface area (Å²) in [4.78, 5) is 25.0. The normalized spacial score (nSPS) is 11.9. The van der Waals surface area contributed by atoms with Crippen LogP contribution in [-0.4, -0.2) is 23.5 Å². The van der Waals surface area contributed by atoms with Crippen LogP contribution in [0.5, 0.6) is 0 Å². The molecule has 0 aliphatic carbocycles. The summed E-state index contributed by atoms with van der Waals surface area (Å²) in [5, 5.41) is 11.6. The number of nitrogens with one attached hydrogen (secondary N) is 1. The molecule has 0 spiro atoms. The van der Waals surface area contributed by atoms with Crippen molar-refractivity contribution in [2.75, 3.05) is 0 Å². The van der Waals surface area contributed by atoms with Crippen molar-refractivity contribution in [3.05, 3.63) is 71.3 Å². The highest BCUT2D eigenvalue weighted by Crippen LogP contribution is 2.13. The summed E-state index contributed by atoms with van der Waals surface area (Å²) in [6, 6.07) is 16.8. The van der Waals surface area contributed by atoms with Crippen LogP contribution in [0.4, 0.5) is 0 Å². The first kappa shape index (κ1) is 19.2. The van der Waals surface area contributed by atoms with Crippen molar-refractivity contribution in [2.24, 2.45) is 0 Å². The van der Waals surface area contributed by atoms with E-state index in [0.29, 0.717) is 11.1 Å². The summed E-state index contributed by atoms with van der Waals surface area (Å²) >= 11 is 0. The van der Waals surface area contributed by atoms with E-state index >= 15 is 0 Å². The van der Waals surface area contributed by atoms with Crippen molar-refractivity contribution in [3.8, 4) is 6.07 Å². The number of hydrogen-bond donors (Lipinski definition) is 1. The van der Waals surface area contributed by atoms with E-state index in [1.807, 2.05) is 6.07 Å². The Labute approximate surface area is 153 Å². The molecule has 0 unspecified atom stereocenters. The number of hydrogen-bond acceptors (Lipinski definition) is 4. The summed E-state index contributed by atoms with van der Waals surface area (Å²) in [7, 11) is 0. The lowest BCUT2D eigenvalue weighted by atomic mass is 10.0. The van der Waals surface area contributed by atoms with Crippen LogP contribution in [0.3, 0.4) is 0 Å². The van der Waals surface area contributed by atoms with E-state index in [1.54, 1.807) is 69.3 Å². The lowest BCUT2D eigenvalue weighted by molar-refractivity contribution is -0.157. The zero-order chi connectivity index (χ0) is 19.2. The molecule has 0 aromatic heterocycles. The van der Waals surface area contributed by atoms with Gasteiger partial charge in [0.2, 0.25) is 0 Å². The number of nitriles is 1. The molecule has 0 bridgehead atoms. The van der Waals surface area contributed by atoms with E-state index in [4.69, 9.17) is 10.00 Å². The second kappa shape index (κ2) is 8.30. The van der Waals surface area contributed by atoms with Gasteiger partial charge < -0.3 is 10.1 Å². The molecule has 1 atom stereocenters. The SMILES string of the molecule is CC(C)(C)OC(=O)[C@@H](Cc1ccc(C#N)cc1)NC(=O)c1ccccc1. The summed E-state index contributed by atoms with van der Waals surface area (Å²) in [5.41, 5.74) is 1.18. The summed E-state index contributed by atoms with van der Waals surface area (Å²) in [6.45, 7) is 5.34. The predicted molar refractivity (Wildman–Crippen MR) is 98.4 cm³/mol. The van der Waals surface area contributed by atoms with Crippen LogP contribution in [0.2, 0.25) is 0 Å². The minimum Gasteiger partial charge on any atom is -0.458 e. The van der Waals surface area contributed by atoms with Crippen molar-refractivity contribution in [1.82, 2.24) is 5.32 Å². The Morgan fingerprint density at radius 2 is 1.69 bits per heavy atom. The molecule has 5 nitrogen and oxygen atoms in total. The molecule has 134 valence electrons. The van der Waals surface area contributed by atoms with Crippen molar-refractivity contribution in [2.45, 2.75) is 38.8 Å². The van der Waals surface area contributed by atoms with Gasteiger partial charge in [-0.2, -0.15) is 5.26 Å². The minimum absolute atomic E-state index is 0.277. The molecule has 2 aromatic carbocycles. The zero-order valence-electron chi connectivity index (χ0n) is 15.2. The van der Waals surface area contributed by atoms with Gasteiger partial charge >= 0.3 is 5.97 Å². The molecule has 0 saturated heterocycles. The highest BCUT2D eigenvalue weighted by atomic mass is 16.6. The molecule has 0 saturated carbocycles. The maximum absolute atomic E-state index is 12.6. The average Bonchev–Trinajstić information content (AvgIpc) is 2.61. The van der Waals surface area contributed by atoms with Crippen LogP contribution in [-0.2, 0) is 16.0 Å². The molecule has 0 heterocycles. The van der Waals surface area contributed by atoms with E-state index in [9.17, 15) is 9.59 Å². The maximum atomic E-state index is 12.6. The van der Waals surface area contributed by atoms with Crippen LogP contribution in [0.25, 0.3) is 0 Å². The fourth-order valence-corrected chi connectivity index (χ4v) is 2.35. The first-order valence-corrected chi connectivity index (χ1v) is 8.36. The molecular weight excluding hydrogens is 328 g/mol. The predicted octanol–water partition coefficient (Wildman–Crippen LogP) is 3.24. The van der Waals surface area contributed by atoms with Gasteiger partial charge in [-0.15, -0.1) is 0 Å². The van der Waals surface area contributed by atoms with E-state index in [1.165, 1.54) is 0 Å². The Kier molecular flexibility index (Phi) is 6.13. The number of nitrogens with zero attached hydrogens (tertiary/aromatic N) is 1. The summed E-state index contributed by atoms with van der Waals surface area (Å²) in [6.07, 6.45) is 0.277. The fourth-order valence-electron chi connectivity index (χ4n) is 2.35. The Hall–Kier alpha value is -3.13. The fraction of sp³-hybridized carbons (Fsp3) is 0.286. The highest BCUT2D eigenvalue weighted by Gasteiger charge is 2.27. The van der Waals surface area contributed by atoms with E-state index in [2.05, 4.69) is 11.4 Å². The second-order valence-electron chi connectivity index (χ2n) is 6.94. The molecule has 26 heavy (non-hydrogen) atoms. The smallest absolute Gasteiger partial charge is 0.329 e. The van der Waals surface area contributed by atoms with Gasteiger partial charge in [0.05, 0.1) is 11.6 Å². The number of ether oxygens (including phenoxy) is 1. The molecule has 2 aromatic rings. The minimum atomic E-state index is -0.824. The Morgan fingerprint density at radius 1 is 1.08 bits per heavy atom. The van der Waals surface area contributed by atoms with E-state index in [-0.39, 0.29) is 12.3 Å². The Bertz CT molecular complexity index is 800. The quantitative estimate of drug-likeness (QED) is 0.840. The number of amides is 1. The third kappa shape index (κ3) is 5.75. The topological polar surface area (TPSA) is 79.2 Å². The van der Waals surface area contributed by atoms with Crippen LogP contribution in [0, 0.1) is 11.3 Å². The first-order valence-electron chi connectivity index (χ1n) is 8.36. The van der Waals surface area contributed by atoms with Gasteiger partial charge in [0.25, 0.3) is 5.91 Å². The number of esters is 1.